The highest BCUT2D eigenvalue weighted by molar-refractivity contribution is 6.12. The van der Waals surface area contributed by atoms with Crippen LogP contribution < -0.4 is 0 Å². The number of hydrogen-bond acceptors (Lipinski definition) is 3. The normalized spacial score (nSPS) is 11.4. The summed E-state index contributed by atoms with van der Waals surface area (Å²) in [4.78, 5) is 9.96. The van der Waals surface area contributed by atoms with Gasteiger partial charge in [-0.1, -0.05) is 121 Å². The molecule has 0 saturated heterocycles. The van der Waals surface area contributed by atoms with E-state index in [9.17, 15) is 5.26 Å². The SMILES string of the molecule is N#Cc1cc(-c2cc(-c3ccccc3)nc(-c3ccccc3)n2)ccc1-n1c2ccccc2c2cc(-n3c4ccccc4c4ccccc43)ccc21. The van der Waals surface area contributed by atoms with Gasteiger partial charge in [0.1, 0.15) is 6.07 Å². The Morgan fingerprint density at radius 3 is 1.56 bits per heavy atom. The van der Waals surface area contributed by atoms with E-state index < -0.39 is 0 Å². The Morgan fingerprint density at radius 2 is 0.923 bits per heavy atom. The van der Waals surface area contributed by atoms with E-state index >= 15 is 0 Å². The number of para-hydroxylation sites is 3. The molecule has 0 aliphatic heterocycles. The monoisotopic (exact) mass is 663 g/mol. The molecular weight excluding hydrogens is 635 g/mol. The number of nitriles is 1. The lowest BCUT2D eigenvalue weighted by molar-refractivity contribution is 1.15. The van der Waals surface area contributed by atoms with Crippen LogP contribution in [0.4, 0.5) is 0 Å². The summed E-state index contributed by atoms with van der Waals surface area (Å²) >= 11 is 0. The van der Waals surface area contributed by atoms with Gasteiger partial charge < -0.3 is 9.13 Å². The first-order chi connectivity index (χ1) is 25.7. The van der Waals surface area contributed by atoms with E-state index in [1.165, 1.54) is 21.8 Å². The molecule has 0 bridgehead atoms. The summed E-state index contributed by atoms with van der Waals surface area (Å²) in [6.45, 7) is 0. The molecule has 0 N–H and O–H groups in total. The van der Waals surface area contributed by atoms with Crippen molar-refractivity contribution in [3.63, 3.8) is 0 Å². The van der Waals surface area contributed by atoms with E-state index in [1.54, 1.807) is 0 Å². The van der Waals surface area contributed by atoms with Gasteiger partial charge in [-0.2, -0.15) is 5.26 Å². The summed E-state index contributed by atoms with van der Waals surface area (Å²) in [6, 6.07) is 63.0. The molecular formula is C47H29N5. The van der Waals surface area contributed by atoms with E-state index in [4.69, 9.17) is 9.97 Å². The van der Waals surface area contributed by atoms with Crippen LogP contribution in [-0.2, 0) is 0 Å². The van der Waals surface area contributed by atoms with Gasteiger partial charge in [0.2, 0.25) is 0 Å². The predicted octanol–water partition coefficient (Wildman–Crippen LogP) is 11.5. The third kappa shape index (κ3) is 4.70. The Labute approximate surface area is 299 Å². The van der Waals surface area contributed by atoms with E-state index in [2.05, 4.69) is 124 Å². The maximum Gasteiger partial charge on any atom is 0.160 e. The van der Waals surface area contributed by atoms with Gasteiger partial charge in [0.15, 0.2) is 5.82 Å². The third-order valence-electron chi connectivity index (χ3n) is 9.98. The van der Waals surface area contributed by atoms with Crippen LogP contribution in [0.3, 0.4) is 0 Å². The molecule has 0 amide bonds. The van der Waals surface area contributed by atoms with Crippen LogP contribution in [0.15, 0.2) is 176 Å². The standard InChI is InChI=1S/C47H29N5/c48-30-34-27-33(41-29-40(31-13-3-1-4-14-31)49-47(50-41)32-15-5-2-6-16-32)23-25-42(34)52-45-22-12-9-19-38(45)39-28-35(24-26-46(39)52)51-43-20-10-7-17-36(43)37-18-8-11-21-44(37)51/h1-29H. The molecule has 3 aromatic heterocycles. The maximum atomic E-state index is 10.7. The van der Waals surface area contributed by atoms with Crippen molar-refractivity contribution in [2.45, 2.75) is 0 Å². The fourth-order valence-electron chi connectivity index (χ4n) is 7.61. The molecule has 242 valence electrons. The van der Waals surface area contributed by atoms with Gasteiger partial charge in [0.05, 0.1) is 44.7 Å². The molecule has 0 aliphatic carbocycles. The summed E-state index contributed by atoms with van der Waals surface area (Å²) < 4.78 is 4.56. The van der Waals surface area contributed by atoms with Crippen molar-refractivity contribution in [1.29, 1.82) is 5.26 Å². The second kappa shape index (κ2) is 11.9. The zero-order valence-corrected chi connectivity index (χ0v) is 28.0. The second-order valence-electron chi connectivity index (χ2n) is 13.0. The van der Waals surface area contributed by atoms with Gasteiger partial charge in [-0.15, -0.1) is 0 Å². The maximum absolute atomic E-state index is 10.7. The van der Waals surface area contributed by atoms with Crippen molar-refractivity contribution in [3.05, 3.63) is 181 Å². The minimum atomic E-state index is 0.563. The van der Waals surface area contributed by atoms with Crippen molar-refractivity contribution < 1.29 is 0 Å². The number of nitrogens with zero attached hydrogens (tertiary/aromatic N) is 5. The molecule has 0 radical (unpaired) electrons. The van der Waals surface area contributed by atoms with Crippen molar-refractivity contribution in [2.24, 2.45) is 0 Å². The quantitative estimate of drug-likeness (QED) is 0.184. The van der Waals surface area contributed by atoms with Crippen molar-refractivity contribution in [3.8, 4) is 51.3 Å². The largest absolute Gasteiger partial charge is 0.309 e. The molecule has 52 heavy (non-hydrogen) atoms. The molecule has 10 rings (SSSR count). The minimum Gasteiger partial charge on any atom is -0.309 e. The summed E-state index contributed by atoms with van der Waals surface area (Å²) in [7, 11) is 0. The van der Waals surface area contributed by atoms with Gasteiger partial charge in [0.25, 0.3) is 0 Å². The molecule has 0 aliphatic rings. The first-order valence-electron chi connectivity index (χ1n) is 17.3. The van der Waals surface area contributed by atoms with E-state index in [-0.39, 0.29) is 0 Å². The lowest BCUT2D eigenvalue weighted by atomic mass is 10.0. The third-order valence-corrected chi connectivity index (χ3v) is 9.98. The predicted molar refractivity (Wildman–Crippen MR) is 212 cm³/mol. The van der Waals surface area contributed by atoms with E-state index in [0.717, 1.165) is 61.3 Å². The van der Waals surface area contributed by atoms with Gasteiger partial charge in [0, 0.05) is 43.9 Å². The first kappa shape index (κ1) is 29.6. The van der Waals surface area contributed by atoms with Crippen LogP contribution in [0.5, 0.6) is 0 Å². The molecule has 0 spiro atoms. The van der Waals surface area contributed by atoms with Crippen LogP contribution in [-0.4, -0.2) is 19.1 Å². The van der Waals surface area contributed by atoms with Gasteiger partial charge >= 0.3 is 0 Å². The molecule has 0 atom stereocenters. The van der Waals surface area contributed by atoms with E-state index in [1.807, 2.05) is 66.7 Å². The molecule has 0 fully saturated rings. The zero-order valence-electron chi connectivity index (χ0n) is 28.0. The summed E-state index contributed by atoms with van der Waals surface area (Å²) in [5.41, 5.74) is 11.3. The topological polar surface area (TPSA) is 59.4 Å². The fraction of sp³-hybridized carbons (Fsp3) is 0. The Balaban J connectivity index is 1.15. The van der Waals surface area contributed by atoms with E-state index in [0.29, 0.717) is 11.4 Å². The molecule has 0 saturated carbocycles. The number of aromatic nitrogens is 4. The van der Waals surface area contributed by atoms with Crippen molar-refractivity contribution in [1.82, 2.24) is 19.1 Å². The second-order valence-corrected chi connectivity index (χ2v) is 13.0. The molecule has 10 aromatic rings. The number of rotatable bonds is 5. The summed E-state index contributed by atoms with van der Waals surface area (Å²) in [5, 5.41) is 15.4. The zero-order chi connectivity index (χ0) is 34.6. The minimum absolute atomic E-state index is 0.563. The smallest absolute Gasteiger partial charge is 0.160 e. The lowest BCUT2D eigenvalue weighted by Crippen LogP contribution is -2.00. The summed E-state index contributed by atoms with van der Waals surface area (Å²) in [5.74, 6) is 0.640. The van der Waals surface area contributed by atoms with Gasteiger partial charge in [-0.25, -0.2) is 9.97 Å². The Bertz CT molecular complexity index is 2910. The summed E-state index contributed by atoms with van der Waals surface area (Å²) in [6.07, 6.45) is 0. The number of fused-ring (bicyclic) bond motifs is 6. The van der Waals surface area contributed by atoms with Crippen molar-refractivity contribution in [2.75, 3.05) is 0 Å². The Morgan fingerprint density at radius 1 is 0.404 bits per heavy atom. The molecule has 7 aromatic carbocycles. The van der Waals surface area contributed by atoms with Crippen LogP contribution in [0, 0.1) is 11.3 Å². The Hall–Kier alpha value is -7.29. The van der Waals surface area contributed by atoms with Gasteiger partial charge in [-0.05, 0) is 54.6 Å². The van der Waals surface area contributed by atoms with Crippen LogP contribution in [0.25, 0.3) is 88.9 Å². The fourth-order valence-corrected chi connectivity index (χ4v) is 7.61. The molecule has 5 heteroatoms. The number of benzene rings is 7. The average molecular weight is 664 g/mol. The first-order valence-corrected chi connectivity index (χ1v) is 17.3. The Kier molecular flexibility index (Phi) is 6.80. The van der Waals surface area contributed by atoms with Crippen LogP contribution >= 0.6 is 0 Å². The highest BCUT2D eigenvalue weighted by atomic mass is 15.0. The highest BCUT2D eigenvalue weighted by Gasteiger charge is 2.19. The van der Waals surface area contributed by atoms with Gasteiger partial charge in [-0.3, -0.25) is 0 Å². The number of hydrogen-bond donors (Lipinski definition) is 0. The molecule has 5 nitrogen and oxygen atoms in total. The molecule has 3 heterocycles. The average Bonchev–Trinajstić information content (AvgIpc) is 3.73. The van der Waals surface area contributed by atoms with Crippen molar-refractivity contribution >= 4 is 43.6 Å². The molecule has 0 unspecified atom stereocenters. The lowest BCUT2D eigenvalue weighted by Gasteiger charge is -2.13. The van der Waals surface area contributed by atoms with Crippen LogP contribution in [0.2, 0.25) is 0 Å². The highest BCUT2D eigenvalue weighted by Crippen LogP contribution is 2.38. The van der Waals surface area contributed by atoms with Crippen LogP contribution in [0.1, 0.15) is 5.56 Å².